The number of hydrogen-bond acceptors (Lipinski definition) is 6. The first-order chi connectivity index (χ1) is 12.6. The van der Waals surface area contributed by atoms with Crippen LogP contribution in [0.2, 0.25) is 0 Å². The number of benzene rings is 2. The summed E-state index contributed by atoms with van der Waals surface area (Å²) in [6, 6.07) is 15.0. The van der Waals surface area contributed by atoms with Gasteiger partial charge in [0.15, 0.2) is 0 Å². The van der Waals surface area contributed by atoms with E-state index in [2.05, 4.69) is 10.3 Å². The van der Waals surface area contributed by atoms with Gasteiger partial charge in [0.25, 0.3) is 0 Å². The molecule has 0 aliphatic heterocycles. The molecule has 0 unspecified atom stereocenters. The van der Waals surface area contributed by atoms with Gasteiger partial charge in [0.05, 0.1) is 10.6 Å². The van der Waals surface area contributed by atoms with Crippen LogP contribution >= 0.6 is 11.3 Å². The number of rotatable bonds is 5. The van der Waals surface area contributed by atoms with Crippen molar-refractivity contribution in [3.63, 3.8) is 0 Å². The molecule has 0 spiro atoms. The van der Waals surface area contributed by atoms with Gasteiger partial charge in [-0.25, -0.2) is 4.98 Å². The Bertz CT molecular complexity index is 1030. The maximum Gasteiger partial charge on any atom is 0.306 e. The van der Waals surface area contributed by atoms with Crippen LogP contribution in [0.25, 0.3) is 16.8 Å². The second kappa shape index (κ2) is 7.55. The molecule has 128 valence electrons. The Morgan fingerprint density at radius 3 is 2.77 bits per heavy atom. The van der Waals surface area contributed by atoms with Crippen LogP contribution in [-0.2, 0) is 0 Å². The molecule has 3 rings (SSSR count). The number of halogens is 1. The fourth-order valence-electron chi connectivity index (χ4n) is 2.18. The molecule has 0 radical (unpaired) electrons. The van der Waals surface area contributed by atoms with Crippen molar-refractivity contribution in [3.8, 4) is 17.3 Å². The summed E-state index contributed by atoms with van der Waals surface area (Å²) in [6.45, 7) is 0. The van der Waals surface area contributed by atoms with Gasteiger partial charge in [-0.15, -0.1) is 11.3 Å². The third-order valence-corrected chi connectivity index (χ3v) is 4.33. The number of aromatic nitrogens is 1. The largest absolute Gasteiger partial charge is 0.360 e. The smallest absolute Gasteiger partial charge is 0.306 e. The zero-order chi connectivity index (χ0) is 18.5. The average molecular weight is 366 g/mol. The molecule has 1 aromatic heterocycles. The number of thiazole rings is 1. The highest BCUT2D eigenvalue weighted by molar-refractivity contribution is 7.11. The predicted octanol–water partition coefficient (Wildman–Crippen LogP) is 4.83. The van der Waals surface area contributed by atoms with E-state index in [0.717, 1.165) is 23.4 Å². The molecule has 0 bridgehead atoms. The van der Waals surface area contributed by atoms with Crippen molar-refractivity contribution in [2.45, 2.75) is 0 Å². The van der Waals surface area contributed by atoms with Gasteiger partial charge in [0.1, 0.15) is 16.6 Å². The standard InChI is InChI=1S/C18H11FN4O2S/c19-15-7-6-14(8-17(15)23(24)25)21-10-13(9-20)18-22-16(11-26-18)12-4-2-1-3-5-12/h1-8,10-11,21H. The number of nitrogens with one attached hydrogen (secondary N) is 1. The van der Waals surface area contributed by atoms with Crippen molar-refractivity contribution in [2.75, 3.05) is 5.32 Å². The van der Waals surface area contributed by atoms with Crippen LogP contribution in [0.5, 0.6) is 0 Å². The maximum absolute atomic E-state index is 13.4. The molecule has 26 heavy (non-hydrogen) atoms. The van der Waals surface area contributed by atoms with E-state index in [4.69, 9.17) is 0 Å². The van der Waals surface area contributed by atoms with Gasteiger partial charge >= 0.3 is 5.69 Å². The molecule has 0 saturated carbocycles. The van der Waals surface area contributed by atoms with E-state index in [1.807, 2.05) is 41.8 Å². The van der Waals surface area contributed by atoms with E-state index in [1.54, 1.807) is 0 Å². The van der Waals surface area contributed by atoms with Crippen molar-refractivity contribution in [3.05, 3.63) is 81.1 Å². The summed E-state index contributed by atoms with van der Waals surface area (Å²) >= 11 is 1.31. The molecule has 8 heteroatoms. The van der Waals surface area contributed by atoms with Crippen molar-refractivity contribution in [2.24, 2.45) is 0 Å². The number of nitrogens with zero attached hydrogens (tertiary/aromatic N) is 3. The summed E-state index contributed by atoms with van der Waals surface area (Å²) < 4.78 is 13.4. The highest BCUT2D eigenvalue weighted by atomic mass is 32.1. The number of allylic oxidation sites excluding steroid dienone is 1. The highest BCUT2D eigenvalue weighted by Gasteiger charge is 2.14. The highest BCUT2D eigenvalue weighted by Crippen LogP contribution is 2.26. The van der Waals surface area contributed by atoms with Crippen LogP contribution < -0.4 is 5.32 Å². The minimum absolute atomic E-state index is 0.268. The summed E-state index contributed by atoms with van der Waals surface area (Å²) in [6.07, 6.45) is 1.39. The lowest BCUT2D eigenvalue weighted by molar-refractivity contribution is -0.387. The van der Waals surface area contributed by atoms with E-state index in [9.17, 15) is 19.8 Å². The molecule has 1 N–H and O–H groups in total. The van der Waals surface area contributed by atoms with Crippen LogP contribution in [0.15, 0.2) is 60.1 Å². The van der Waals surface area contributed by atoms with Crippen LogP contribution in [0.1, 0.15) is 5.01 Å². The number of hydrogen-bond donors (Lipinski definition) is 1. The molecule has 0 aliphatic rings. The molecule has 0 atom stereocenters. The Hall–Kier alpha value is -3.57. The normalized spacial score (nSPS) is 11.0. The van der Waals surface area contributed by atoms with Crippen molar-refractivity contribution >= 4 is 28.3 Å². The Labute approximate surface area is 152 Å². The SMILES string of the molecule is N#CC(=CNc1ccc(F)c([N+](=O)[O-])c1)c1nc(-c2ccccc2)cs1. The zero-order valence-electron chi connectivity index (χ0n) is 13.2. The molecule has 0 saturated heterocycles. The monoisotopic (exact) mass is 366 g/mol. The van der Waals surface area contributed by atoms with E-state index in [0.29, 0.717) is 10.7 Å². The van der Waals surface area contributed by atoms with E-state index < -0.39 is 16.4 Å². The first kappa shape index (κ1) is 17.3. The topological polar surface area (TPSA) is 91.8 Å². The summed E-state index contributed by atoms with van der Waals surface area (Å²) in [5, 5.41) is 25.3. The minimum atomic E-state index is -0.919. The number of anilines is 1. The van der Waals surface area contributed by atoms with Crippen LogP contribution in [0.4, 0.5) is 15.8 Å². The van der Waals surface area contributed by atoms with E-state index in [-0.39, 0.29) is 5.57 Å². The Balaban J connectivity index is 1.84. The molecule has 0 amide bonds. The third-order valence-electron chi connectivity index (χ3n) is 3.45. The molecular formula is C18H11FN4O2S. The minimum Gasteiger partial charge on any atom is -0.360 e. The fraction of sp³-hybridized carbons (Fsp3) is 0. The van der Waals surface area contributed by atoms with E-state index in [1.165, 1.54) is 23.6 Å². The van der Waals surface area contributed by atoms with Gasteiger partial charge in [-0.3, -0.25) is 10.1 Å². The lowest BCUT2D eigenvalue weighted by atomic mass is 10.2. The van der Waals surface area contributed by atoms with Crippen LogP contribution in [-0.4, -0.2) is 9.91 Å². The van der Waals surface area contributed by atoms with Crippen LogP contribution in [0.3, 0.4) is 0 Å². The van der Waals surface area contributed by atoms with Gasteiger partial charge in [0, 0.05) is 28.9 Å². The van der Waals surface area contributed by atoms with Gasteiger partial charge in [0.2, 0.25) is 5.82 Å². The maximum atomic E-state index is 13.4. The van der Waals surface area contributed by atoms with Crippen molar-refractivity contribution in [1.82, 2.24) is 4.98 Å². The Morgan fingerprint density at radius 1 is 1.31 bits per heavy atom. The Morgan fingerprint density at radius 2 is 2.08 bits per heavy atom. The molecule has 0 fully saturated rings. The average Bonchev–Trinajstić information content (AvgIpc) is 3.14. The molecule has 3 aromatic rings. The predicted molar refractivity (Wildman–Crippen MR) is 97.8 cm³/mol. The van der Waals surface area contributed by atoms with Crippen LogP contribution in [0, 0.1) is 27.3 Å². The number of nitro benzene ring substituents is 1. The van der Waals surface area contributed by atoms with Gasteiger partial charge < -0.3 is 5.32 Å². The molecular weight excluding hydrogens is 355 g/mol. The molecule has 0 aliphatic carbocycles. The molecule has 6 nitrogen and oxygen atoms in total. The zero-order valence-corrected chi connectivity index (χ0v) is 14.0. The van der Waals surface area contributed by atoms with Crippen molar-refractivity contribution in [1.29, 1.82) is 5.26 Å². The summed E-state index contributed by atoms with van der Waals surface area (Å²) in [5.41, 5.74) is 1.62. The Kier molecular flexibility index (Phi) is 5.01. The lowest BCUT2D eigenvalue weighted by Crippen LogP contribution is -1.96. The fourth-order valence-corrected chi connectivity index (χ4v) is 2.97. The first-order valence-corrected chi connectivity index (χ1v) is 8.28. The second-order valence-electron chi connectivity index (χ2n) is 5.14. The summed E-state index contributed by atoms with van der Waals surface area (Å²) in [5.74, 6) is -0.919. The quantitative estimate of drug-likeness (QED) is 0.396. The van der Waals surface area contributed by atoms with Gasteiger partial charge in [-0.05, 0) is 12.1 Å². The first-order valence-electron chi connectivity index (χ1n) is 7.40. The second-order valence-corrected chi connectivity index (χ2v) is 6.00. The number of nitriles is 1. The van der Waals surface area contributed by atoms with Gasteiger partial charge in [-0.1, -0.05) is 30.3 Å². The summed E-state index contributed by atoms with van der Waals surface area (Å²) in [7, 11) is 0. The third kappa shape index (κ3) is 3.74. The molecule has 2 aromatic carbocycles. The van der Waals surface area contributed by atoms with Gasteiger partial charge in [-0.2, -0.15) is 9.65 Å². The number of nitro groups is 1. The van der Waals surface area contributed by atoms with E-state index >= 15 is 0 Å². The lowest BCUT2D eigenvalue weighted by Gasteiger charge is -2.02. The van der Waals surface area contributed by atoms with Crippen molar-refractivity contribution < 1.29 is 9.31 Å². The molecule has 1 heterocycles. The summed E-state index contributed by atoms with van der Waals surface area (Å²) in [4.78, 5) is 14.4.